The zero-order valence-electron chi connectivity index (χ0n) is 21.5. The summed E-state index contributed by atoms with van der Waals surface area (Å²) in [7, 11) is 0. The Morgan fingerprint density at radius 3 is 2.74 bits per heavy atom. The van der Waals surface area contributed by atoms with E-state index >= 15 is 4.39 Å². The molecule has 0 amide bonds. The molecular formula is C30H30F2N6O. The molecule has 3 aromatic carbocycles. The van der Waals surface area contributed by atoms with Crippen molar-refractivity contribution in [2.75, 3.05) is 31.6 Å². The minimum atomic E-state index is -0.468. The number of alkyl halides is 1. The highest BCUT2D eigenvalue weighted by Crippen LogP contribution is 2.31. The number of likely N-dealkylation sites (tertiary alicyclic amines) is 1. The van der Waals surface area contributed by atoms with E-state index in [0.717, 1.165) is 42.4 Å². The molecule has 200 valence electrons. The normalized spacial score (nSPS) is 14.9. The van der Waals surface area contributed by atoms with Gasteiger partial charge in [-0.1, -0.05) is 36.9 Å². The average Bonchev–Trinajstić information content (AvgIpc) is 2.95. The number of piperidine rings is 1. The van der Waals surface area contributed by atoms with E-state index in [-0.39, 0.29) is 24.4 Å². The number of hydrogen-bond acceptors (Lipinski definition) is 6. The Labute approximate surface area is 226 Å². The van der Waals surface area contributed by atoms with E-state index in [1.807, 2.05) is 42.5 Å². The summed E-state index contributed by atoms with van der Waals surface area (Å²) in [6.07, 6.45) is 4.75. The van der Waals surface area contributed by atoms with E-state index in [9.17, 15) is 4.39 Å². The van der Waals surface area contributed by atoms with Crippen LogP contribution in [0.4, 0.5) is 26.1 Å². The fourth-order valence-corrected chi connectivity index (χ4v) is 4.64. The quantitative estimate of drug-likeness (QED) is 0.200. The first-order valence-corrected chi connectivity index (χ1v) is 12.9. The molecule has 1 aromatic heterocycles. The van der Waals surface area contributed by atoms with Crippen molar-refractivity contribution in [1.82, 2.24) is 14.9 Å². The molecule has 0 bridgehead atoms. The Kier molecular flexibility index (Phi) is 8.07. The highest BCUT2D eigenvalue weighted by molar-refractivity contribution is 5.95. The Morgan fingerprint density at radius 2 is 1.97 bits per heavy atom. The van der Waals surface area contributed by atoms with Crippen molar-refractivity contribution in [2.45, 2.75) is 18.9 Å². The van der Waals surface area contributed by atoms with Gasteiger partial charge in [-0.3, -0.25) is 0 Å². The van der Waals surface area contributed by atoms with Crippen LogP contribution < -0.4 is 15.8 Å². The first-order valence-electron chi connectivity index (χ1n) is 12.9. The molecule has 1 saturated heterocycles. The molecule has 0 spiro atoms. The number of nitrogens with zero attached hydrogens (tertiary/aromatic N) is 4. The van der Waals surface area contributed by atoms with Gasteiger partial charge in [0, 0.05) is 42.8 Å². The first kappa shape index (κ1) is 26.2. The SMILES string of the molecule is C=CC(N)=Nc1cccc(-c2cccc3cnc(Nc4ccc(OC5CCN(CCF)CC5)cc4F)nc23)c1. The number of nitrogens with two attached hydrogens (primary N) is 1. The molecule has 7 nitrogen and oxygen atoms in total. The maximum atomic E-state index is 15.0. The molecule has 4 aromatic rings. The summed E-state index contributed by atoms with van der Waals surface area (Å²) < 4.78 is 33.6. The number of para-hydroxylation sites is 1. The number of anilines is 2. The molecule has 0 unspecified atom stereocenters. The molecule has 2 heterocycles. The molecule has 1 aliphatic rings. The number of rotatable bonds is 9. The van der Waals surface area contributed by atoms with Crippen molar-refractivity contribution in [2.24, 2.45) is 10.7 Å². The van der Waals surface area contributed by atoms with Crippen molar-refractivity contribution in [1.29, 1.82) is 0 Å². The van der Waals surface area contributed by atoms with Crippen LogP contribution >= 0.6 is 0 Å². The largest absolute Gasteiger partial charge is 0.490 e. The molecule has 3 N–H and O–H groups in total. The number of fused-ring (bicyclic) bond motifs is 1. The third-order valence-corrected chi connectivity index (χ3v) is 6.66. The summed E-state index contributed by atoms with van der Waals surface area (Å²) in [6, 6.07) is 18.2. The number of amidine groups is 1. The molecule has 9 heteroatoms. The number of nitrogens with one attached hydrogen (secondary N) is 1. The van der Waals surface area contributed by atoms with Crippen molar-refractivity contribution >= 4 is 34.1 Å². The van der Waals surface area contributed by atoms with Gasteiger partial charge < -0.3 is 20.7 Å². The Balaban J connectivity index is 1.34. The van der Waals surface area contributed by atoms with Crippen LogP contribution in [0.2, 0.25) is 0 Å². The van der Waals surface area contributed by atoms with E-state index in [2.05, 4.69) is 26.8 Å². The number of aliphatic imine (C=N–C) groups is 1. The second-order valence-corrected chi connectivity index (χ2v) is 9.34. The van der Waals surface area contributed by atoms with Gasteiger partial charge in [-0.15, -0.1) is 0 Å². The van der Waals surface area contributed by atoms with Crippen LogP contribution in [0.5, 0.6) is 5.75 Å². The van der Waals surface area contributed by atoms with Crippen LogP contribution in [-0.4, -0.2) is 53.1 Å². The van der Waals surface area contributed by atoms with E-state index in [1.165, 1.54) is 12.1 Å². The van der Waals surface area contributed by atoms with Gasteiger partial charge in [0.2, 0.25) is 5.95 Å². The standard InChI is InChI=1S/C30H30F2N6O/c1-2-28(33)35-22-7-3-5-20(17-22)25-8-4-6-21-19-34-30(37-29(21)25)36-27-10-9-24(18-26(27)32)39-23-11-14-38(15-12-23)16-13-31/h2-10,17-19,23H,1,11-16H2,(H2,33,35)(H,34,36,37). The van der Waals surface area contributed by atoms with Gasteiger partial charge in [0.05, 0.1) is 16.9 Å². The van der Waals surface area contributed by atoms with Gasteiger partial charge in [-0.05, 0) is 48.7 Å². The van der Waals surface area contributed by atoms with Gasteiger partial charge >= 0.3 is 0 Å². The highest BCUT2D eigenvalue weighted by atomic mass is 19.1. The van der Waals surface area contributed by atoms with E-state index in [4.69, 9.17) is 15.5 Å². The molecule has 1 aliphatic heterocycles. The smallest absolute Gasteiger partial charge is 0.227 e. The highest BCUT2D eigenvalue weighted by Gasteiger charge is 2.20. The number of aromatic nitrogens is 2. The zero-order valence-corrected chi connectivity index (χ0v) is 21.5. The summed E-state index contributed by atoms with van der Waals surface area (Å²) in [5.41, 5.74) is 9.26. The minimum Gasteiger partial charge on any atom is -0.490 e. The Morgan fingerprint density at radius 1 is 1.15 bits per heavy atom. The molecule has 0 atom stereocenters. The lowest BCUT2D eigenvalue weighted by atomic mass is 10.0. The van der Waals surface area contributed by atoms with Gasteiger partial charge in [0.25, 0.3) is 0 Å². The second-order valence-electron chi connectivity index (χ2n) is 9.34. The van der Waals surface area contributed by atoms with Crippen molar-refractivity contribution in [3.63, 3.8) is 0 Å². The predicted octanol–water partition coefficient (Wildman–Crippen LogP) is 6.17. The lowest BCUT2D eigenvalue weighted by Crippen LogP contribution is -2.39. The molecule has 39 heavy (non-hydrogen) atoms. The average molecular weight is 529 g/mol. The minimum absolute atomic E-state index is 0.0151. The van der Waals surface area contributed by atoms with Crippen molar-refractivity contribution in [3.8, 4) is 16.9 Å². The van der Waals surface area contributed by atoms with Crippen molar-refractivity contribution in [3.05, 3.63) is 85.3 Å². The number of hydrogen-bond donors (Lipinski definition) is 2. The van der Waals surface area contributed by atoms with Crippen molar-refractivity contribution < 1.29 is 13.5 Å². The topological polar surface area (TPSA) is 88.7 Å². The molecule has 1 fully saturated rings. The summed E-state index contributed by atoms with van der Waals surface area (Å²) in [5, 5.41) is 3.84. The van der Waals surface area contributed by atoms with Crippen LogP contribution in [0.25, 0.3) is 22.0 Å². The van der Waals surface area contributed by atoms with E-state index < -0.39 is 5.82 Å². The van der Waals surface area contributed by atoms with Crippen LogP contribution in [0.15, 0.2) is 84.5 Å². The fourth-order valence-electron chi connectivity index (χ4n) is 4.64. The van der Waals surface area contributed by atoms with Gasteiger partial charge in [-0.25, -0.2) is 23.7 Å². The Hall–Kier alpha value is -4.37. The fraction of sp³-hybridized carbons (Fsp3) is 0.233. The van der Waals surface area contributed by atoms with E-state index in [0.29, 0.717) is 29.3 Å². The number of ether oxygens (including phenoxy) is 1. The predicted molar refractivity (Wildman–Crippen MR) is 152 cm³/mol. The third-order valence-electron chi connectivity index (χ3n) is 6.66. The van der Waals surface area contributed by atoms with Crippen LogP contribution in [0.1, 0.15) is 12.8 Å². The Bertz CT molecular complexity index is 1500. The maximum Gasteiger partial charge on any atom is 0.227 e. The lowest BCUT2D eigenvalue weighted by Gasteiger charge is -2.31. The lowest BCUT2D eigenvalue weighted by molar-refractivity contribution is 0.0966. The monoisotopic (exact) mass is 528 g/mol. The molecule has 0 radical (unpaired) electrons. The summed E-state index contributed by atoms with van der Waals surface area (Å²) in [6.45, 7) is 5.30. The number of halogens is 2. The summed E-state index contributed by atoms with van der Waals surface area (Å²) in [5.74, 6) is 0.595. The molecule has 0 saturated carbocycles. The van der Waals surface area contributed by atoms with Gasteiger partial charge in [0.15, 0.2) is 0 Å². The molecule has 0 aliphatic carbocycles. The number of benzene rings is 3. The van der Waals surface area contributed by atoms with E-state index in [1.54, 1.807) is 18.3 Å². The van der Waals surface area contributed by atoms with Crippen LogP contribution in [-0.2, 0) is 0 Å². The molecule has 5 rings (SSSR count). The summed E-state index contributed by atoms with van der Waals surface area (Å²) >= 11 is 0. The second kappa shape index (κ2) is 12.0. The summed E-state index contributed by atoms with van der Waals surface area (Å²) in [4.78, 5) is 15.5. The first-order chi connectivity index (χ1) is 19.0. The van der Waals surface area contributed by atoms with Gasteiger partial charge in [-0.2, -0.15) is 0 Å². The third kappa shape index (κ3) is 6.38. The maximum absolute atomic E-state index is 15.0. The van der Waals surface area contributed by atoms with Gasteiger partial charge in [0.1, 0.15) is 30.2 Å². The van der Waals surface area contributed by atoms with Crippen LogP contribution in [0.3, 0.4) is 0 Å². The van der Waals surface area contributed by atoms with Crippen LogP contribution in [0, 0.1) is 5.82 Å². The zero-order chi connectivity index (χ0) is 27.2. The molecular weight excluding hydrogens is 498 g/mol.